The molecular formula is C45H69NO16. The highest BCUT2D eigenvalue weighted by Crippen LogP contribution is 2.38. The molecule has 0 radical (unpaired) electrons. The van der Waals surface area contributed by atoms with Crippen LogP contribution in [0.2, 0.25) is 0 Å². The van der Waals surface area contributed by atoms with Crippen molar-refractivity contribution in [1.29, 1.82) is 0 Å². The van der Waals surface area contributed by atoms with Crippen LogP contribution in [-0.2, 0) is 28.5 Å². The molecule has 0 aromatic heterocycles. The molecule has 0 aromatic carbocycles. The molecule has 2 bridgehead atoms. The van der Waals surface area contributed by atoms with Gasteiger partial charge < -0.3 is 75.7 Å². The van der Waals surface area contributed by atoms with E-state index in [0.29, 0.717) is 6.42 Å². The Kier molecular flexibility index (Phi) is 23.1. The summed E-state index contributed by atoms with van der Waals surface area (Å²) in [5, 5.41) is 107. The zero-order chi connectivity index (χ0) is 45.8. The second kappa shape index (κ2) is 27.0. The number of carbonyl (C=O) groups excluding carboxylic acids is 1. The van der Waals surface area contributed by atoms with Gasteiger partial charge in [0.25, 0.3) is 0 Å². The van der Waals surface area contributed by atoms with Crippen LogP contribution < -0.4 is 5.73 Å². The topological polar surface area (TPSA) is 299 Å². The molecule has 0 aromatic rings. The molecule has 16 atom stereocenters. The highest BCUT2D eigenvalue weighted by molar-refractivity contribution is 5.71. The van der Waals surface area contributed by atoms with Crippen molar-refractivity contribution in [1.82, 2.24) is 0 Å². The molecule has 350 valence electrons. The monoisotopic (exact) mass is 879 g/mol. The average molecular weight is 880 g/mol. The van der Waals surface area contributed by atoms with Gasteiger partial charge in [-0.3, -0.25) is 9.59 Å². The molecule has 62 heavy (non-hydrogen) atoms. The number of rotatable bonds is 3. The maximum atomic E-state index is 12.4. The summed E-state index contributed by atoms with van der Waals surface area (Å²) in [5.41, 5.74) is 5.93. The molecule has 3 aliphatic heterocycles. The molecule has 3 aliphatic rings. The number of hydrogen-bond acceptors (Lipinski definition) is 16. The van der Waals surface area contributed by atoms with Gasteiger partial charge in [0.05, 0.1) is 67.6 Å². The fourth-order valence-corrected chi connectivity index (χ4v) is 7.42. The molecule has 2 saturated heterocycles. The Balaban J connectivity index is 1.81. The van der Waals surface area contributed by atoms with Gasteiger partial charge in [-0.2, -0.15) is 0 Å². The average Bonchev–Trinajstić information content (AvgIpc) is 3.18. The number of fused-ring (bicyclic) bond motifs is 2. The number of carboxylic acid groups (broad SMARTS) is 1. The van der Waals surface area contributed by atoms with E-state index in [1.807, 2.05) is 49.5 Å². The largest absolute Gasteiger partial charge is 0.481 e. The lowest BCUT2D eigenvalue weighted by atomic mass is 9.82. The van der Waals surface area contributed by atoms with Crippen molar-refractivity contribution in [3.8, 4) is 0 Å². The third-order valence-corrected chi connectivity index (χ3v) is 11.0. The summed E-state index contributed by atoms with van der Waals surface area (Å²) in [6.07, 6.45) is 8.66. The highest BCUT2D eigenvalue weighted by Gasteiger charge is 2.50. The van der Waals surface area contributed by atoms with Gasteiger partial charge in [0.1, 0.15) is 18.1 Å². The Morgan fingerprint density at radius 1 is 0.710 bits per heavy atom. The van der Waals surface area contributed by atoms with Gasteiger partial charge in [-0.15, -0.1) is 0 Å². The van der Waals surface area contributed by atoms with Crippen molar-refractivity contribution in [3.05, 3.63) is 85.1 Å². The third-order valence-electron chi connectivity index (χ3n) is 11.0. The van der Waals surface area contributed by atoms with Gasteiger partial charge in [-0.1, -0.05) is 92.0 Å². The number of hydrogen-bond donors (Lipinski definition) is 11. The standard InChI is InChI=1S/C45H69NO16/c1-28-16-13-11-9-7-5-3-4-6-8-10-12-14-18-32(61-44-42(55)41(46)37(53)27-59-44)24-38-40(43(56)57)36(52)26-45(58,62-38)25-31(48)23-35(51)33(49)21-20-30(47)17-15-19-39(54)60-29(2)22-34(28)50/h3-14,16,18,28-38,40-42,44,47-53,55,58H,15,17,19-27,46H2,1-2H3,(H,56,57)/b4-3+,7-5+,8-6+,11-9+,12-10+,16-13+,18-14+/t28-,29-,30-,31-,32-,33+,34-,35+,36-,37+,38-,40+,41-,42-,44-,45+/m0/s1. The summed E-state index contributed by atoms with van der Waals surface area (Å²) < 4.78 is 22.8. The van der Waals surface area contributed by atoms with Crippen molar-refractivity contribution in [2.24, 2.45) is 17.6 Å². The predicted octanol–water partition coefficient (Wildman–Crippen LogP) is 1.11. The van der Waals surface area contributed by atoms with Crippen LogP contribution >= 0.6 is 0 Å². The Bertz CT molecular complexity index is 1560. The fourth-order valence-electron chi connectivity index (χ4n) is 7.42. The Labute approximate surface area is 363 Å². The van der Waals surface area contributed by atoms with E-state index in [-0.39, 0.29) is 51.0 Å². The first-order valence-corrected chi connectivity index (χ1v) is 21.4. The molecule has 17 nitrogen and oxygen atoms in total. The van der Waals surface area contributed by atoms with E-state index in [1.165, 1.54) is 6.08 Å². The number of ether oxygens (including phenoxy) is 4. The summed E-state index contributed by atoms with van der Waals surface area (Å²) >= 11 is 0. The van der Waals surface area contributed by atoms with Crippen LogP contribution in [0.5, 0.6) is 0 Å². The van der Waals surface area contributed by atoms with Crippen molar-refractivity contribution in [2.75, 3.05) is 6.61 Å². The normalized spacial score (nSPS) is 43.5. The van der Waals surface area contributed by atoms with E-state index < -0.39 is 122 Å². The first-order valence-electron chi connectivity index (χ1n) is 21.4. The molecule has 0 unspecified atom stereocenters. The van der Waals surface area contributed by atoms with Crippen LogP contribution in [0.4, 0.5) is 0 Å². The van der Waals surface area contributed by atoms with E-state index >= 15 is 0 Å². The van der Waals surface area contributed by atoms with Gasteiger partial charge in [0, 0.05) is 44.4 Å². The lowest BCUT2D eigenvalue weighted by Crippen LogP contribution is -2.59. The molecular weight excluding hydrogens is 810 g/mol. The van der Waals surface area contributed by atoms with E-state index in [2.05, 4.69) is 0 Å². The molecule has 0 saturated carbocycles. The summed E-state index contributed by atoms with van der Waals surface area (Å²) in [6, 6.07) is -1.11. The smallest absolute Gasteiger partial charge is 0.311 e. The van der Waals surface area contributed by atoms with Crippen LogP contribution in [0, 0.1) is 11.8 Å². The first-order chi connectivity index (χ1) is 29.4. The van der Waals surface area contributed by atoms with Gasteiger partial charge in [-0.05, 0) is 32.6 Å². The van der Waals surface area contributed by atoms with Crippen LogP contribution in [0.3, 0.4) is 0 Å². The fraction of sp³-hybridized carbons (Fsp3) is 0.644. The first kappa shape index (κ1) is 52.9. The van der Waals surface area contributed by atoms with E-state index in [1.54, 1.807) is 43.4 Å². The van der Waals surface area contributed by atoms with Crippen molar-refractivity contribution in [3.63, 3.8) is 0 Å². The quantitative estimate of drug-likeness (QED) is 0.177. The number of cyclic esters (lactones) is 1. The number of allylic oxidation sites excluding steroid dienone is 12. The van der Waals surface area contributed by atoms with Crippen LogP contribution in [0.15, 0.2) is 85.1 Å². The molecule has 0 aliphatic carbocycles. The van der Waals surface area contributed by atoms with Gasteiger partial charge in [0.2, 0.25) is 0 Å². The predicted molar refractivity (Wildman–Crippen MR) is 226 cm³/mol. The van der Waals surface area contributed by atoms with Crippen molar-refractivity contribution >= 4 is 11.9 Å². The minimum absolute atomic E-state index is 0.0288. The van der Waals surface area contributed by atoms with E-state index in [0.717, 1.165) is 0 Å². The maximum Gasteiger partial charge on any atom is 0.311 e. The molecule has 0 spiro atoms. The van der Waals surface area contributed by atoms with E-state index in [9.17, 15) is 60.7 Å². The van der Waals surface area contributed by atoms with Crippen molar-refractivity contribution in [2.45, 2.75) is 163 Å². The lowest BCUT2D eigenvalue weighted by Gasteiger charge is -2.45. The van der Waals surface area contributed by atoms with Crippen LogP contribution in [0.25, 0.3) is 0 Å². The second-order valence-electron chi connectivity index (χ2n) is 16.5. The van der Waals surface area contributed by atoms with Crippen molar-refractivity contribution < 1.29 is 79.6 Å². The highest BCUT2D eigenvalue weighted by atomic mass is 16.7. The number of carbonyl (C=O) groups is 2. The number of esters is 1. The molecule has 17 heteroatoms. The number of aliphatic hydroxyl groups excluding tert-OH is 8. The Morgan fingerprint density at radius 3 is 1.92 bits per heavy atom. The summed E-state index contributed by atoms with van der Waals surface area (Å²) in [4.78, 5) is 24.8. The number of aliphatic carboxylic acids is 1. The molecule has 3 rings (SSSR count). The lowest BCUT2D eigenvalue weighted by molar-refractivity contribution is -0.305. The molecule has 0 amide bonds. The minimum Gasteiger partial charge on any atom is -0.481 e. The van der Waals surface area contributed by atoms with E-state index in [4.69, 9.17) is 24.7 Å². The van der Waals surface area contributed by atoms with Gasteiger partial charge in [0.15, 0.2) is 12.1 Å². The number of aliphatic hydroxyl groups is 9. The minimum atomic E-state index is -2.29. The second-order valence-corrected chi connectivity index (χ2v) is 16.5. The summed E-state index contributed by atoms with van der Waals surface area (Å²) in [5.74, 6) is -5.96. The van der Waals surface area contributed by atoms with Crippen LogP contribution in [0.1, 0.15) is 78.1 Å². The van der Waals surface area contributed by atoms with Gasteiger partial charge >= 0.3 is 11.9 Å². The molecule has 2 fully saturated rings. The van der Waals surface area contributed by atoms with Crippen LogP contribution in [-0.4, -0.2) is 155 Å². The number of carboxylic acids is 1. The zero-order valence-corrected chi connectivity index (χ0v) is 35.5. The summed E-state index contributed by atoms with van der Waals surface area (Å²) in [6.45, 7) is 3.30. The SMILES string of the molecule is C[C@H]1C[C@H](O)[C@@H](C)/C=C/C=C/C=C/C=C/C=C/C=C/C=C/[C@H](O[C@@H]2OC[C@@H](O)[C@H](N)[C@@H]2O)C[C@@H]2O[C@](O)(C[C@@H](O)C[C@@H](O)[C@H](O)CC[C@@H](O)CCCC(=O)O1)C[C@H](O)[C@H]2C(=O)O. The Hall–Kier alpha value is -3.40. The maximum absolute atomic E-state index is 12.4. The third kappa shape index (κ3) is 18.8. The molecule has 3 heterocycles. The zero-order valence-electron chi connectivity index (χ0n) is 35.5. The van der Waals surface area contributed by atoms with Gasteiger partial charge in [-0.25, -0.2) is 0 Å². The molecule has 12 N–H and O–H groups in total. The summed E-state index contributed by atoms with van der Waals surface area (Å²) in [7, 11) is 0. The Morgan fingerprint density at radius 2 is 1.31 bits per heavy atom. The number of nitrogens with two attached hydrogens (primary N) is 1.